The first-order valence-electron chi connectivity index (χ1n) is 7.10. The summed E-state index contributed by atoms with van der Waals surface area (Å²) in [6.07, 6.45) is 6.97. The molecule has 1 saturated carbocycles. The van der Waals surface area contributed by atoms with E-state index >= 15 is 0 Å². The fraction of sp³-hybridized carbons (Fsp3) is 0.600. The second-order valence-electron chi connectivity index (χ2n) is 5.49. The lowest BCUT2D eigenvalue weighted by molar-refractivity contribution is -0.133. The van der Waals surface area contributed by atoms with Crippen LogP contribution in [0.2, 0.25) is 0 Å². The Bertz CT molecular complexity index is 413. The van der Waals surface area contributed by atoms with Gasteiger partial charge in [-0.05, 0) is 31.9 Å². The zero-order valence-corrected chi connectivity index (χ0v) is 11.6. The fourth-order valence-electron chi connectivity index (χ4n) is 2.81. The van der Waals surface area contributed by atoms with Crippen LogP contribution in [0.4, 0.5) is 0 Å². The van der Waals surface area contributed by atoms with Gasteiger partial charge in [-0.25, -0.2) is 0 Å². The van der Waals surface area contributed by atoms with Crippen LogP contribution in [-0.4, -0.2) is 17.4 Å². The molecule has 1 heterocycles. The van der Waals surface area contributed by atoms with Gasteiger partial charge < -0.3 is 11.1 Å². The molecule has 1 aromatic rings. The first-order chi connectivity index (χ1) is 9.18. The van der Waals surface area contributed by atoms with E-state index in [1.54, 1.807) is 6.20 Å². The molecule has 4 heteroatoms. The van der Waals surface area contributed by atoms with E-state index in [1.807, 2.05) is 25.1 Å². The summed E-state index contributed by atoms with van der Waals surface area (Å²) in [5.41, 5.74) is 6.41. The van der Waals surface area contributed by atoms with Crippen molar-refractivity contribution in [2.75, 3.05) is 6.54 Å². The van der Waals surface area contributed by atoms with Crippen molar-refractivity contribution in [2.24, 2.45) is 11.1 Å². The average molecular weight is 261 g/mol. The Hall–Kier alpha value is -1.42. The zero-order valence-electron chi connectivity index (χ0n) is 11.6. The van der Waals surface area contributed by atoms with Crippen LogP contribution >= 0.6 is 0 Å². The van der Waals surface area contributed by atoms with Crippen molar-refractivity contribution in [3.63, 3.8) is 0 Å². The van der Waals surface area contributed by atoms with Crippen molar-refractivity contribution in [2.45, 2.75) is 45.1 Å². The van der Waals surface area contributed by atoms with E-state index in [4.69, 9.17) is 5.73 Å². The van der Waals surface area contributed by atoms with E-state index in [2.05, 4.69) is 10.3 Å². The zero-order chi connectivity index (χ0) is 13.7. The molecule has 1 aliphatic carbocycles. The molecule has 0 spiro atoms. The average Bonchev–Trinajstić information content (AvgIpc) is 2.48. The molecule has 2 rings (SSSR count). The van der Waals surface area contributed by atoms with Crippen LogP contribution < -0.4 is 11.1 Å². The maximum Gasteiger partial charge on any atom is 0.228 e. The van der Waals surface area contributed by atoms with Gasteiger partial charge in [0.15, 0.2) is 0 Å². The molecule has 4 nitrogen and oxygen atoms in total. The summed E-state index contributed by atoms with van der Waals surface area (Å²) in [6.45, 7) is 2.40. The van der Waals surface area contributed by atoms with Gasteiger partial charge >= 0.3 is 0 Å². The fourth-order valence-corrected chi connectivity index (χ4v) is 2.81. The largest absolute Gasteiger partial charge is 0.347 e. The number of aromatic nitrogens is 1. The molecule has 1 atom stereocenters. The molecule has 0 saturated heterocycles. The molecule has 0 bridgehead atoms. The molecular formula is C15H23N3O. The molecule has 104 valence electrons. The first kappa shape index (κ1) is 14.0. The van der Waals surface area contributed by atoms with Gasteiger partial charge in [-0.2, -0.15) is 0 Å². The minimum atomic E-state index is -0.360. The summed E-state index contributed by atoms with van der Waals surface area (Å²) in [5.74, 6) is 0.0906. The van der Waals surface area contributed by atoms with Gasteiger partial charge in [-0.15, -0.1) is 0 Å². The SMILES string of the molecule is C[C@H](NC(=O)C1(CN)CCCCC1)c1ccccn1. The van der Waals surface area contributed by atoms with Crippen LogP contribution in [0.15, 0.2) is 24.4 Å². The van der Waals surface area contributed by atoms with Crippen molar-refractivity contribution in [1.82, 2.24) is 10.3 Å². The molecule has 1 fully saturated rings. The molecule has 1 aliphatic rings. The Labute approximate surface area is 114 Å². The molecule has 3 N–H and O–H groups in total. The molecule has 19 heavy (non-hydrogen) atoms. The number of carbonyl (C=O) groups excluding carboxylic acids is 1. The van der Waals surface area contributed by atoms with Gasteiger partial charge in [-0.1, -0.05) is 25.3 Å². The van der Waals surface area contributed by atoms with E-state index in [0.29, 0.717) is 6.54 Å². The van der Waals surface area contributed by atoms with E-state index in [9.17, 15) is 4.79 Å². The topological polar surface area (TPSA) is 68.0 Å². The lowest BCUT2D eigenvalue weighted by atomic mass is 9.73. The van der Waals surface area contributed by atoms with E-state index in [-0.39, 0.29) is 17.4 Å². The first-order valence-corrected chi connectivity index (χ1v) is 7.10. The number of carbonyl (C=O) groups is 1. The van der Waals surface area contributed by atoms with Crippen molar-refractivity contribution in [3.8, 4) is 0 Å². The van der Waals surface area contributed by atoms with Gasteiger partial charge in [0, 0.05) is 12.7 Å². The van der Waals surface area contributed by atoms with Crippen LogP contribution in [0.3, 0.4) is 0 Å². The van der Waals surface area contributed by atoms with Gasteiger partial charge in [-0.3, -0.25) is 9.78 Å². The number of pyridine rings is 1. The summed E-state index contributed by atoms with van der Waals surface area (Å²) < 4.78 is 0. The quantitative estimate of drug-likeness (QED) is 0.872. The maximum atomic E-state index is 12.5. The predicted molar refractivity (Wildman–Crippen MR) is 75.4 cm³/mol. The molecule has 1 amide bonds. The number of nitrogens with zero attached hydrogens (tertiary/aromatic N) is 1. The van der Waals surface area contributed by atoms with Gasteiger partial charge in [0.05, 0.1) is 17.2 Å². The minimum absolute atomic E-state index is 0.0703. The maximum absolute atomic E-state index is 12.5. The monoisotopic (exact) mass is 261 g/mol. The van der Waals surface area contributed by atoms with Crippen LogP contribution in [0.1, 0.15) is 50.8 Å². The Morgan fingerprint density at radius 3 is 2.74 bits per heavy atom. The highest BCUT2D eigenvalue weighted by molar-refractivity contribution is 5.83. The Morgan fingerprint density at radius 1 is 1.42 bits per heavy atom. The molecule has 0 aliphatic heterocycles. The number of rotatable bonds is 4. The van der Waals surface area contributed by atoms with E-state index < -0.39 is 0 Å². The lowest BCUT2D eigenvalue weighted by Gasteiger charge is -2.35. The number of amides is 1. The highest BCUT2D eigenvalue weighted by atomic mass is 16.2. The molecule has 0 radical (unpaired) electrons. The third-order valence-corrected chi connectivity index (χ3v) is 4.16. The molecule has 0 aromatic carbocycles. The van der Waals surface area contributed by atoms with Crippen LogP contribution in [0.5, 0.6) is 0 Å². The van der Waals surface area contributed by atoms with Gasteiger partial charge in [0.2, 0.25) is 5.91 Å². The van der Waals surface area contributed by atoms with Crippen molar-refractivity contribution < 1.29 is 4.79 Å². The second kappa shape index (κ2) is 6.15. The van der Waals surface area contributed by atoms with E-state index in [1.165, 1.54) is 6.42 Å². The van der Waals surface area contributed by atoms with Gasteiger partial charge in [0.25, 0.3) is 0 Å². The predicted octanol–water partition coefficient (Wildman–Crippen LogP) is 2.17. The van der Waals surface area contributed by atoms with E-state index in [0.717, 1.165) is 31.4 Å². The Balaban J connectivity index is 2.03. The highest BCUT2D eigenvalue weighted by Crippen LogP contribution is 2.36. The summed E-state index contributed by atoms with van der Waals surface area (Å²) >= 11 is 0. The Morgan fingerprint density at radius 2 is 2.16 bits per heavy atom. The molecule has 1 aromatic heterocycles. The van der Waals surface area contributed by atoms with Crippen LogP contribution in [0.25, 0.3) is 0 Å². The Kier molecular flexibility index (Phi) is 4.53. The van der Waals surface area contributed by atoms with Crippen molar-refractivity contribution >= 4 is 5.91 Å². The molecular weight excluding hydrogens is 238 g/mol. The lowest BCUT2D eigenvalue weighted by Crippen LogP contribution is -2.47. The smallest absolute Gasteiger partial charge is 0.228 e. The molecule has 0 unspecified atom stereocenters. The van der Waals surface area contributed by atoms with Crippen molar-refractivity contribution in [3.05, 3.63) is 30.1 Å². The van der Waals surface area contributed by atoms with Crippen molar-refractivity contribution in [1.29, 1.82) is 0 Å². The summed E-state index contributed by atoms with van der Waals surface area (Å²) in [6, 6.07) is 5.67. The number of nitrogens with one attached hydrogen (secondary N) is 1. The number of nitrogens with two attached hydrogens (primary N) is 1. The third kappa shape index (κ3) is 3.13. The van der Waals surface area contributed by atoms with Crippen LogP contribution in [-0.2, 0) is 4.79 Å². The number of hydrogen-bond donors (Lipinski definition) is 2. The summed E-state index contributed by atoms with van der Waals surface area (Å²) in [4.78, 5) is 16.8. The minimum Gasteiger partial charge on any atom is -0.347 e. The highest BCUT2D eigenvalue weighted by Gasteiger charge is 2.38. The normalized spacial score (nSPS) is 19.7. The van der Waals surface area contributed by atoms with Gasteiger partial charge in [0.1, 0.15) is 0 Å². The third-order valence-electron chi connectivity index (χ3n) is 4.16. The summed E-state index contributed by atoms with van der Waals surface area (Å²) in [7, 11) is 0. The number of hydrogen-bond acceptors (Lipinski definition) is 3. The standard InChI is InChI=1S/C15H23N3O/c1-12(13-7-3-6-10-17-13)18-14(19)15(11-16)8-4-2-5-9-15/h3,6-7,10,12H,2,4-5,8-9,11,16H2,1H3,(H,18,19)/t12-/m0/s1. The van der Waals surface area contributed by atoms with Crippen LogP contribution in [0, 0.1) is 5.41 Å². The second-order valence-corrected chi connectivity index (χ2v) is 5.49. The summed E-state index contributed by atoms with van der Waals surface area (Å²) in [5, 5.41) is 3.08.